The number of hydrogen-bond donors (Lipinski definition) is 0. The Balaban J connectivity index is 0.819. The zero-order chi connectivity index (χ0) is 62.5. The Labute approximate surface area is 547 Å². The van der Waals surface area contributed by atoms with E-state index in [2.05, 4.69) is 239 Å². The molecule has 17 aromatic rings. The predicted octanol–water partition coefficient (Wildman–Crippen LogP) is 18.8. The molecule has 0 spiro atoms. The molecule has 4 aromatic heterocycles. The maximum atomic E-state index is 6.82. The number of nitrogens with zero attached hydrogens (tertiary/aromatic N) is 9. The van der Waals surface area contributed by atoms with Crippen LogP contribution in [0.1, 0.15) is 0 Å². The molecule has 0 atom stereocenters. The highest BCUT2D eigenvalue weighted by atomic mass is 16.3. The minimum Gasteiger partial charge on any atom is -0.455 e. The number of hydrogen-bond acceptors (Lipinski definition) is 9. The largest absolute Gasteiger partial charge is 0.455 e. The lowest BCUT2D eigenvalue weighted by Gasteiger charge is -2.44. The molecular weight excluding hydrogens is 1160 g/mol. The summed E-state index contributed by atoms with van der Waals surface area (Å²) in [7, 11) is 0. The Bertz CT molecular complexity index is 5700. The van der Waals surface area contributed by atoms with Crippen molar-refractivity contribution in [2.45, 2.75) is 0 Å². The molecule has 442 valence electrons. The fourth-order valence-corrected chi connectivity index (χ4v) is 14.4. The molecular formula is C84H52BN9O. The second kappa shape index (κ2) is 21.9. The molecule has 0 unspecified atom stereocenters. The van der Waals surface area contributed by atoms with Gasteiger partial charge in [0.2, 0.25) is 0 Å². The van der Waals surface area contributed by atoms with Crippen molar-refractivity contribution in [3.63, 3.8) is 0 Å². The highest BCUT2D eigenvalue weighted by molar-refractivity contribution is 7.00. The van der Waals surface area contributed by atoms with Crippen LogP contribution >= 0.6 is 0 Å². The first-order chi connectivity index (χ1) is 47.1. The summed E-state index contributed by atoms with van der Waals surface area (Å²) >= 11 is 0. The average Bonchev–Trinajstić information content (AvgIpc) is 1.72. The molecule has 11 heteroatoms. The number of benzene rings is 13. The summed E-state index contributed by atoms with van der Waals surface area (Å²) in [6, 6.07) is 111. The Morgan fingerprint density at radius 1 is 0.274 bits per heavy atom. The summed E-state index contributed by atoms with van der Waals surface area (Å²) < 4.78 is 9.14. The first-order valence-corrected chi connectivity index (χ1v) is 32.0. The van der Waals surface area contributed by atoms with Crippen molar-refractivity contribution < 1.29 is 4.42 Å². The molecule has 10 nitrogen and oxygen atoms in total. The molecule has 0 saturated carbocycles. The van der Waals surface area contributed by atoms with Crippen LogP contribution in [0.2, 0.25) is 0 Å². The van der Waals surface area contributed by atoms with E-state index in [1.54, 1.807) is 0 Å². The smallest absolute Gasteiger partial charge is 0.252 e. The van der Waals surface area contributed by atoms with Gasteiger partial charge in [0, 0.05) is 83.7 Å². The van der Waals surface area contributed by atoms with Gasteiger partial charge in [-0.3, -0.25) is 0 Å². The van der Waals surface area contributed by atoms with E-state index < -0.39 is 0 Å². The maximum Gasteiger partial charge on any atom is 0.252 e. The molecule has 0 saturated heterocycles. The number of para-hydroxylation sites is 6. The molecule has 19 rings (SSSR count). The Kier molecular flexibility index (Phi) is 12.5. The van der Waals surface area contributed by atoms with E-state index >= 15 is 0 Å². The Morgan fingerprint density at radius 2 is 0.705 bits per heavy atom. The van der Waals surface area contributed by atoms with Gasteiger partial charge in [-0.2, -0.15) is 0 Å². The lowest BCUT2D eigenvalue weighted by molar-refractivity contribution is 0.673. The van der Waals surface area contributed by atoms with Gasteiger partial charge in [0.05, 0.1) is 22.1 Å². The maximum absolute atomic E-state index is 6.82. The van der Waals surface area contributed by atoms with Crippen LogP contribution in [0.25, 0.3) is 129 Å². The van der Waals surface area contributed by atoms with E-state index in [4.69, 9.17) is 34.3 Å². The van der Waals surface area contributed by atoms with Crippen molar-refractivity contribution in [2.24, 2.45) is 0 Å². The predicted molar refractivity (Wildman–Crippen MR) is 387 cm³/mol. The fourth-order valence-electron chi connectivity index (χ4n) is 14.4. The molecule has 0 N–H and O–H groups in total. The van der Waals surface area contributed by atoms with Crippen LogP contribution in [0.15, 0.2) is 320 Å². The minimum absolute atomic E-state index is 0.0000895. The summed E-state index contributed by atoms with van der Waals surface area (Å²) in [6.07, 6.45) is 0. The third-order valence-electron chi connectivity index (χ3n) is 18.7. The van der Waals surface area contributed by atoms with Crippen molar-refractivity contribution in [2.75, 3.05) is 9.80 Å². The molecule has 0 radical (unpaired) electrons. The summed E-state index contributed by atoms with van der Waals surface area (Å²) in [4.78, 5) is 36.9. The fraction of sp³-hybridized carbons (Fsp3) is 0. The highest BCUT2D eigenvalue weighted by Gasteiger charge is 2.43. The van der Waals surface area contributed by atoms with E-state index in [0.29, 0.717) is 34.9 Å². The molecule has 2 aliphatic heterocycles. The van der Waals surface area contributed by atoms with E-state index in [0.717, 1.165) is 128 Å². The van der Waals surface area contributed by atoms with Gasteiger partial charge in [-0.15, -0.1) is 0 Å². The normalized spacial score (nSPS) is 12.4. The molecule has 0 aliphatic carbocycles. The van der Waals surface area contributed by atoms with Crippen LogP contribution in [-0.4, -0.2) is 41.2 Å². The van der Waals surface area contributed by atoms with Gasteiger partial charge in [-0.05, 0) is 119 Å². The topological polar surface area (TPSA) is 102 Å². The average molecular weight is 1210 g/mol. The van der Waals surface area contributed by atoms with E-state index in [-0.39, 0.29) is 6.71 Å². The molecule has 0 amide bonds. The second-order valence-electron chi connectivity index (χ2n) is 24.1. The first kappa shape index (κ1) is 53.9. The molecule has 2 aliphatic rings. The zero-order valence-electron chi connectivity index (χ0n) is 51.0. The minimum atomic E-state index is 0.0000895. The zero-order valence-corrected chi connectivity index (χ0v) is 51.0. The van der Waals surface area contributed by atoms with Crippen LogP contribution in [0.4, 0.5) is 34.1 Å². The lowest BCUT2D eigenvalue weighted by Crippen LogP contribution is -2.61. The monoisotopic (exact) mass is 1210 g/mol. The molecule has 95 heavy (non-hydrogen) atoms. The van der Waals surface area contributed by atoms with Crippen LogP contribution < -0.4 is 26.2 Å². The SMILES string of the molecule is c1ccc(-c2nc(-c3ccccc3)nc(-c3ccc(-n4c5ccccc5c5c6oc7ccccc7c6ccc54)c(-c4nc(-c5ccccc5)nc(-c5ccc(-c6cc7c8c(c6)N(c6ccccc6)c6ccccc6B8c6ccccc6N7c6ccccc6)cc5)n4)c3)n2)cc1. The number of rotatable bonds is 10. The van der Waals surface area contributed by atoms with Gasteiger partial charge in [0.25, 0.3) is 6.71 Å². The molecule has 0 fully saturated rings. The summed E-state index contributed by atoms with van der Waals surface area (Å²) in [6.45, 7) is 0.0000895. The molecule has 0 bridgehead atoms. The van der Waals surface area contributed by atoms with Gasteiger partial charge < -0.3 is 18.8 Å². The Morgan fingerprint density at radius 3 is 1.26 bits per heavy atom. The van der Waals surface area contributed by atoms with Gasteiger partial charge in [-0.25, -0.2) is 29.9 Å². The first-order valence-electron chi connectivity index (χ1n) is 32.0. The van der Waals surface area contributed by atoms with Crippen molar-refractivity contribution in [3.8, 4) is 85.1 Å². The second-order valence-corrected chi connectivity index (χ2v) is 24.1. The van der Waals surface area contributed by atoms with E-state index in [9.17, 15) is 0 Å². The van der Waals surface area contributed by atoms with Crippen LogP contribution in [-0.2, 0) is 0 Å². The number of aromatic nitrogens is 7. The number of fused-ring (bicyclic) bond motifs is 11. The molecule has 13 aromatic carbocycles. The highest BCUT2D eigenvalue weighted by Crippen LogP contribution is 2.48. The lowest BCUT2D eigenvalue weighted by atomic mass is 9.33. The van der Waals surface area contributed by atoms with Gasteiger partial charge in [0.15, 0.2) is 34.9 Å². The van der Waals surface area contributed by atoms with Gasteiger partial charge in [0.1, 0.15) is 11.2 Å². The number of anilines is 6. The standard InChI is InChI=1S/C84H52BN9O/c1-6-24-54(25-7-1)79-86-80(55-26-8-2-9-27-55)89-83(88-79)58-46-48-69(94-68-38-20-16-35-64(68)76-72(94)49-47-63-62-34-17-23-41-75(62)95-78(63)76)65(50-58)84-90-81(56-28-10-3-11-29-56)87-82(91-84)57-44-42-53(43-45-57)59-51-73-77-74(52-59)93(61-32-14-5-15-33-61)71-40-22-19-37-67(71)85(77)66-36-18-21-39-70(66)92(73)60-30-12-4-13-31-60/h1-52H. The van der Waals surface area contributed by atoms with Crippen LogP contribution in [0.3, 0.4) is 0 Å². The number of furan rings is 1. The summed E-state index contributed by atoms with van der Waals surface area (Å²) in [5, 5.41) is 4.20. The van der Waals surface area contributed by atoms with Crippen molar-refractivity contribution in [1.29, 1.82) is 0 Å². The quantitative estimate of drug-likeness (QED) is 0.124. The Hall–Kier alpha value is -12.9. The van der Waals surface area contributed by atoms with E-state index in [1.807, 2.05) is 91.0 Å². The summed E-state index contributed by atoms with van der Waals surface area (Å²) in [5.41, 5.74) is 22.1. The van der Waals surface area contributed by atoms with Gasteiger partial charge in [-0.1, -0.05) is 224 Å². The van der Waals surface area contributed by atoms with Crippen molar-refractivity contribution in [1.82, 2.24) is 34.5 Å². The van der Waals surface area contributed by atoms with E-state index in [1.165, 1.54) is 16.4 Å². The van der Waals surface area contributed by atoms with Crippen LogP contribution in [0, 0.1) is 0 Å². The third kappa shape index (κ3) is 8.89. The summed E-state index contributed by atoms with van der Waals surface area (Å²) in [5.74, 6) is 3.14. The molecule has 6 heterocycles. The van der Waals surface area contributed by atoms with Crippen LogP contribution in [0.5, 0.6) is 0 Å². The van der Waals surface area contributed by atoms with Crippen molar-refractivity contribution in [3.05, 3.63) is 315 Å². The third-order valence-corrected chi connectivity index (χ3v) is 18.7. The van der Waals surface area contributed by atoms with Crippen molar-refractivity contribution >= 4 is 101 Å². The van der Waals surface area contributed by atoms with Gasteiger partial charge >= 0.3 is 0 Å².